The number of nitrogens with one attached hydrogen (secondary N) is 3. The third-order valence-corrected chi connectivity index (χ3v) is 2.88. The quantitative estimate of drug-likeness (QED) is 0.616. The van der Waals surface area contributed by atoms with Gasteiger partial charge in [0.05, 0.1) is 5.69 Å². The lowest BCUT2D eigenvalue weighted by Crippen LogP contribution is -2.58. The van der Waals surface area contributed by atoms with Crippen LogP contribution in [0.2, 0.25) is 0 Å². The summed E-state index contributed by atoms with van der Waals surface area (Å²) < 4.78 is 0. The molecule has 15 heavy (non-hydrogen) atoms. The summed E-state index contributed by atoms with van der Waals surface area (Å²) in [7, 11) is 5.73. The molecule has 0 unspecified atom stereocenters. The second-order valence-corrected chi connectivity index (χ2v) is 3.48. The predicted molar refractivity (Wildman–Crippen MR) is 62.4 cm³/mol. The highest BCUT2D eigenvalue weighted by Gasteiger charge is 2.40. The molecule has 2 rings (SSSR count). The molecule has 0 aliphatic carbocycles. The zero-order valence-electron chi connectivity index (χ0n) is 9.26. The van der Waals surface area contributed by atoms with E-state index in [2.05, 4.69) is 27.0 Å². The van der Waals surface area contributed by atoms with E-state index in [1.807, 2.05) is 39.3 Å². The van der Waals surface area contributed by atoms with Gasteiger partial charge in [-0.1, -0.05) is 18.2 Å². The summed E-state index contributed by atoms with van der Waals surface area (Å²) in [5, 5.41) is 9.69. The molecule has 0 aromatic heterocycles. The molecular formula is C11H16N4. The number of fused-ring (bicyclic) bond motifs is 1. The van der Waals surface area contributed by atoms with Gasteiger partial charge in [-0.25, -0.2) is 4.99 Å². The Balaban J connectivity index is 2.58. The monoisotopic (exact) mass is 204 g/mol. The van der Waals surface area contributed by atoms with Crippen LogP contribution in [0.25, 0.3) is 0 Å². The number of likely N-dealkylation sites (N-methyl/N-ethyl adjacent to an activating group) is 3. The van der Waals surface area contributed by atoms with Gasteiger partial charge in [0, 0.05) is 12.6 Å². The van der Waals surface area contributed by atoms with Crippen LogP contribution < -0.4 is 16.0 Å². The molecule has 0 radical (unpaired) electrons. The molecule has 0 fully saturated rings. The number of nitrogens with zero attached hydrogens (tertiary/aromatic N) is 1. The minimum absolute atomic E-state index is 0.384. The fourth-order valence-corrected chi connectivity index (χ4v) is 2.09. The van der Waals surface area contributed by atoms with Crippen molar-refractivity contribution in [2.75, 3.05) is 21.1 Å². The molecule has 1 aliphatic heterocycles. The molecule has 1 heterocycles. The summed E-state index contributed by atoms with van der Waals surface area (Å²) in [6.45, 7) is 0. The van der Waals surface area contributed by atoms with E-state index in [0.29, 0.717) is 0 Å². The lowest BCUT2D eigenvalue weighted by Gasteiger charge is -2.30. The first-order valence-corrected chi connectivity index (χ1v) is 5.02. The van der Waals surface area contributed by atoms with Gasteiger partial charge in [-0.2, -0.15) is 0 Å². The van der Waals surface area contributed by atoms with Crippen molar-refractivity contribution >= 4 is 11.5 Å². The molecule has 1 aromatic carbocycles. The summed E-state index contributed by atoms with van der Waals surface area (Å²) in [6, 6.07) is 8.12. The van der Waals surface area contributed by atoms with E-state index in [-0.39, 0.29) is 5.66 Å². The van der Waals surface area contributed by atoms with E-state index in [1.165, 1.54) is 0 Å². The Kier molecular flexibility index (Phi) is 2.46. The average Bonchev–Trinajstić information content (AvgIpc) is 2.63. The van der Waals surface area contributed by atoms with Crippen LogP contribution in [0, 0.1) is 0 Å². The normalized spacial score (nSPS) is 17.1. The maximum Gasteiger partial charge on any atom is 0.156 e. The van der Waals surface area contributed by atoms with Crippen molar-refractivity contribution in [1.82, 2.24) is 16.0 Å². The fourth-order valence-electron chi connectivity index (χ4n) is 2.09. The third kappa shape index (κ3) is 1.26. The van der Waals surface area contributed by atoms with Crippen molar-refractivity contribution in [3.63, 3.8) is 0 Å². The van der Waals surface area contributed by atoms with Crippen LogP contribution in [-0.2, 0) is 5.66 Å². The van der Waals surface area contributed by atoms with Gasteiger partial charge in [0.1, 0.15) is 5.84 Å². The summed E-state index contributed by atoms with van der Waals surface area (Å²) >= 11 is 0. The first-order chi connectivity index (χ1) is 7.28. The van der Waals surface area contributed by atoms with Gasteiger partial charge in [0.2, 0.25) is 0 Å². The Morgan fingerprint density at radius 3 is 2.33 bits per heavy atom. The van der Waals surface area contributed by atoms with Crippen LogP contribution in [-0.4, -0.2) is 27.0 Å². The van der Waals surface area contributed by atoms with Crippen molar-refractivity contribution < 1.29 is 0 Å². The van der Waals surface area contributed by atoms with Crippen molar-refractivity contribution in [3.05, 3.63) is 29.8 Å². The minimum Gasteiger partial charge on any atom is -0.374 e. The molecule has 0 saturated carbocycles. The largest absolute Gasteiger partial charge is 0.374 e. The van der Waals surface area contributed by atoms with Crippen LogP contribution in [0.5, 0.6) is 0 Å². The summed E-state index contributed by atoms with van der Waals surface area (Å²) in [5.41, 5.74) is 1.77. The molecule has 4 heteroatoms. The highest BCUT2D eigenvalue weighted by Crippen LogP contribution is 2.35. The van der Waals surface area contributed by atoms with Crippen molar-refractivity contribution in [1.29, 1.82) is 0 Å². The lowest BCUT2D eigenvalue weighted by atomic mass is 9.99. The zero-order chi connectivity index (χ0) is 10.9. The SMILES string of the molecule is CNC1=Nc2ccccc2C1(NC)NC. The first-order valence-electron chi connectivity index (χ1n) is 5.02. The van der Waals surface area contributed by atoms with Gasteiger partial charge in [-0.15, -0.1) is 0 Å². The molecule has 0 bridgehead atoms. The van der Waals surface area contributed by atoms with Gasteiger partial charge in [0.25, 0.3) is 0 Å². The van der Waals surface area contributed by atoms with Crippen LogP contribution in [0.3, 0.4) is 0 Å². The third-order valence-electron chi connectivity index (χ3n) is 2.88. The van der Waals surface area contributed by atoms with Gasteiger partial charge in [-0.05, 0) is 20.2 Å². The second-order valence-electron chi connectivity index (χ2n) is 3.48. The lowest BCUT2D eigenvalue weighted by molar-refractivity contribution is 0.421. The Bertz CT molecular complexity index is 393. The summed E-state index contributed by atoms with van der Waals surface area (Å²) in [5.74, 6) is 0.897. The summed E-state index contributed by atoms with van der Waals surface area (Å²) in [6.07, 6.45) is 0. The Morgan fingerprint density at radius 2 is 1.73 bits per heavy atom. The highest BCUT2D eigenvalue weighted by atomic mass is 15.3. The number of amidine groups is 1. The maximum absolute atomic E-state index is 4.55. The molecule has 0 atom stereocenters. The van der Waals surface area contributed by atoms with Gasteiger partial charge in [-0.3, -0.25) is 10.6 Å². The van der Waals surface area contributed by atoms with Crippen molar-refractivity contribution in [3.8, 4) is 0 Å². The van der Waals surface area contributed by atoms with Gasteiger partial charge >= 0.3 is 0 Å². The molecule has 1 aliphatic rings. The molecule has 4 nitrogen and oxygen atoms in total. The van der Waals surface area contributed by atoms with Gasteiger partial charge in [0.15, 0.2) is 5.66 Å². The smallest absolute Gasteiger partial charge is 0.156 e. The van der Waals surface area contributed by atoms with Crippen LogP contribution in [0.15, 0.2) is 29.3 Å². The van der Waals surface area contributed by atoms with Crippen molar-refractivity contribution in [2.45, 2.75) is 5.66 Å². The zero-order valence-corrected chi connectivity index (χ0v) is 9.26. The fraction of sp³-hybridized carbons (Fsp3) is 0.364. The van der Waals surface area contributed by atoms with E-state index in [9.17, 15) is 0 Å². The van der Waals surface area contributed by atoms with Crippen LogP contribution >= 0.6 is 0 Å². The second kappa shape index (κ2) is 3.64. The van der Waals surface area contributed by atoms with Crippen molar-refractivity contribution in [2.24, 2.45) is 4.99 Å². The molecule has 1 aromatic rings. The average molecular weight is 204 g/mol. The number of benzene rings is 1. The molecule has 0 amide bonds. The summed E-state index contributed by atoms with van der Waals surface area (Å²) in [4.78, 5) is 4.55. The number of para-hydroxylation sites is 1. The number of aliphatic imine (C=N–C) groups is 1. The standard InChI is InChI=1S/C11H16N4/c1-12-10-11(13-2,14-3)8-6-4-5-7-9(8)15-10/h4-7,13-14H,1-3H3,(H,12,15). The highest BCUT2D eigenvalue weighted by molar-refractivity contribution is 5.99. The number of rotatable bonds is 2. The van der Waals surface area contributed by atoms with E-state index >= 15 is 0 Å². The molecule has 0 saturated heterocycles. The number of hydrogen-bond donors (Lipinski definition) is 3. The maximum atomic E-state index is 4.55. The first kappa shape index (κ1) is 10.1. The molecule has 80 valence electrons. The Morgan fingerprint density at radius 1 is 1.07 bits per heavy atom. The topological polar surface area (TPSA) is 48.5 Å². The van der Waals surface area contributed by atoms with E-state index in [4.69, 9.17) is 0 Å². The van der Waals surface area contributed by atoms with Crippen LogP contribution in [0.4, 0.5) is 5.69 Å². The molecule has 3 N–H and O–H groups in total. The van der Waals surface area contributed by atoms with E-state index in [1.54, 1.807) is 0 Å². The van der Waals surface area contributed by atoms with E-state index in [0.717, 1.165) is 17.1 Å². The van der Waals surface area contributed by atoms with Gasteiger partial charge < -0.3 is 5.32 Å². The van der Waals surface area contributed by atoms with Crippen LogP contribution in [0.1, 0.15) is 5.56 Å². The Hall–Kier alpha value is -1.39. The molecule has 0 spiro atoms. The molecular weight excluding hydrogens is 188 g/mol. The van der Waals surface area contributed by atoms with E-state index < -0.39 is 0 Å². The Labute approximate surface area is 89.8 Å². The number of hydrogen-bond acceptors (Lipinski definition) is 4. The predicted octanol–water partition coefficient (Wildman–Crippen LogP) is 0.541. The minimum atomic E-state index is -0.384.